The fourth-order valence-electron chi connectivity index (χ4n) is 2.59. The average molecular weight is 270 g/mol. The van der Waals surface area contributed by atoms with Gasteiger partial charge in [0.1, 0.15) is 6.04 Å². The van der Waals surface area contributed by atoms with Crippen molar-refractivity contribution in [3.8, 4) is 0 Å². The van der Waals surface area contributed by atoms with Crippen LogP contribution in [0.2, 0.25) is 0 Å². The zero-order valence-corrected chi connectivity index (χ0v) is 12.2. The fourth-order valence-corrected chi connectivity index (χ4v) is 2.59. The van der Waals surface area contributed by atoms with Gasteiger partial charge in [0.25, 0.3) is 0 Å². The van der Waals surface area contributed by atoms with Crippen LogP contribution in [0.3, 0.4) is 0 Å². The van der Waals surface area contributed by atoms with Gasteiger partial charge >= 0.3 is 12.0 Å². The molecule has 0 aromatic heterocycles. The Bertz CT molecular complexity index is 318. The van der Waals surface area contributed by atoms with Crippen molar-refractivity contribution in [1.29, 1.82) is 0 Å². The van der Waals surface area contributed by atoms with E-state index in [1.54, 1.807) is 0 Å². The summed E-state index contributed by atoms with van der Waals surface area (Å²) < 4.78 is 0. The molecule has 2 N–H and O–H groups in total. The molecule has 1 saturated heterocycles. The van der Waals surface area contributed by atoms with Gasteiger partial charge in [-0.05, 0) is 25.2 Å². The lowest BCUT2D eigenvalue weighted by molar-refractivity contribution is -0.142. The van der Waals surface area contributed by atoms with Crippen LogP contribution in [0, 0.1) is 5.92 Å². The van der Waals surface area contributed by atoms with Crippen LogP contribution in [0.5, 0.6) is 0 Å². The van der Waals surface area contributed by atoms with Crippen molar-refractivity contribution in [2.45, 2.75) is 65.0 Å². The maximum Gasteiger partial charge on any atom is 0.326 e. The molecular formula is C14H26N2O3. The summed E-state index contributed by atoms with van der Waals surface area (Å²) in [5.41, 5.74) is 0. The van der Waals surface area contributed by atoms with E-state index in [0.717, 1.165) is 25.7 Å². The average Bonchev–Trinajstić information content (AvgIpc) is 2.60. The van der Waals surface area contributed by atoms with Crippen molar-refractivity contribution < 1.29 is 14.7 Å². The summed E-state index contributed by atoms with van der Waals surface area (Å²) in [5, 5.41) is 12.2. The molecule has 19 heavy (non-hydrogen) atoms. The summed E-state index contributed by atoms with van der Waals surface area (Å²) in [6.07, 6.45) is 4.17. The van der Waals surface area contributed by atoms with E-state index >= 15 is 0 Å². The molecule has 0 spiro atoms. The minimum Gasteiger partial charge on any atom is -0.480 e. The molecule has 0 aromatic rings. The predicted molar refractivity (Wildman–Crippen MR) is 74.0 cm³/mol. The number of carboxylic acid groups (broad SMARTS) is 1. The van der Waals surface area contributed by atoms with Crippen molar-refractivity contribution >= 4 is 12.0 Å². The lowest BCUT2D eigenvalue weighted by Crippen LogP contribution is -2.52. The lowest BCUT2D eigenvalue weighted by atomic mass is 10.0. The van der Waals surface area contributed by atoms with Gasteiger partial charge in [-0.15, -0.1) is 0 Å². The molecule has 1 aliphatic rings. The molecule has 1 heterocycles. The van der Waals surface area contributed by atoms with Crippen LogP contribution in [-0.2, 0) is 4.79 Å². The van der Waals surface area contributed by atoms with Crippen LogP contribution >= 0.6 is 0 Å². The molecule has 0 aromatic carbocycles. The van der Waals surface area contributed by atoms with Crippen molar-refractivity contribution in [2.24, 2.45) is 5.92 Å². The number of urea groups is 1. The van der Waals surface area contributed by atoms with Gasteiger partial charge < -0.3 is 15.3 Å². The molecule has 0 bridgehead atoms. The Morgan fingerprint density at radius 1 is 1.32 bits per heavy atom. The number of amides is 2. The summed E-state index contributed by atoms with van der Waals surface area (Å²) in [6, 6.07) is -0.799. The third kappa shape index (κ3) is 4.40. The molecule has 2 unspecified atom stereocenters. The number of nitrogens with zero attached hydrogens (tertiary/aromatic N) is 1. The van der Waals surface area contributed by atoms with Gasteiger partial charge in [-0.25, -0.2) is 9.59 Å². The molecule has 1 aliphatic heterocycles. The smallest absolute Gasteiger partial charge is 0.326 e. The molecular weight excluding hydrogens is 244 g/mol. The first-order valence-electron chi connectivity index (χ1n) is 7.27. The zero-order chi connectivity index (χ0) is 14.4. The van der Waals surface area contributed by atoms with Crippen LogP contribution in [0.1, 0.15) is 52.9 Å². The second-order valence-corrected chi connectivity index (χ2v) is 5.61. The molecule has 5 heteroatoms. The molecule has 0 saturated carbocycles. The van der Waals surface area contributed by atoms with E-state index in [9.17, 15) is 14.7 Å². The van der Waals surface area contributed by atoms with Crippen molar-refractivity contribution in [1.82, 2.24) is 10.2 Å². The molecule has 1 fully saturated rings. The molecule has 5 nitrogen and oxygen atoms in total. The number of hydrogen-bond acceptors (Lipinski definition) is 2. The first-order chi connectivity index (χ1) is 8.97. The van der Waals surface area contributed by atoms with Gasteiger partial charge in [-0.3, -0.25) is 0 Å². The Kier molecular flexibility index (Phi) is 6.12. The third-order valence-electron chi connectivity index (χ3n) is 3.85. The summed E-state index contributed by atoms with van der Waals surface area (Å²) in [4.78, 5) is 25.1. The highest BCUT2D eigenvalue weighted by Gasteiger charge is 2.31. The summed E-state index contributed by atoms with van der Waals surface area (Å²) >= 11 is 0. The SMILES string of the molecule is CCC(NC(=O)N1CCCCCC1C(=O)O)C(C)C. The van der Waals surface area contributed by atoms with Gasteiger partial charge in [0.2, 0.25) is 0 Å². The van der Waals surface area contributed by atoms with Crippen LogP contribution in [-0.4, -0.2) is 40.6 Å². The second-order valence-electron chi connectivity index (χ2n) is 5.61. The highest BCUT2D eigenvalue weighted by molar-refractivity contribution is 5.82. The van der Waals surface area contributed by atoms with E-state index in [1.807, 2.05) is 6.92 Å². The van der Waals surface area contributed by atoms with Gasteiger partial charge in [-0.1, -0.05) is 33.6 Å². The van der Waals surface area contributed by atoms with Gasteiger partial charge in [0.05, 0.1) is 0 Å². The van der Waals surface area contributed by atoms with E-state index in [-0.39, 0.29) is 12.1 Å². The van der Waals surface area contributed by atoms with Crippen LogP contribution in [0.25, 0.3) is 0 Å². The molecule has 110 valence electrons. The van der Waals surface area contributed by atoms with Crippen LogP contribution in [0.15, 0.2) is 0 Å². The number of rotatable bonds is 4. The normalized spacial score (nSPS) is 21.9. The monoisotopic (exact) mass is 270 g/mol. The fraction of sp³-hybridized carbons (Fsp3) is 0.857. The minimum absolute atomic E-state index is 0.102. The summed E-state index contributed by atoms with van der Waals surface area (Å²) in [6.45, 7) is 6.69. The van der Waals surface area contributed by atoms with E-state index in [1.165, 1.54) is 4.90 Å². The molecule has 0 radical (unpaired) electrons. The third-order valence-corrected chi connectivity index (χ3v) is 3.85. The summed E-state index contributed by atoms with van der Waals surface area (Å²) in [7, 11) is 0. The van der Waals surface area contributed by atoms with Gasteiger partial charge in [0.15, 0.2) is 0 Å². The lowest BCUT2D eigenvalue weighted by Gasteiger charge is -2.30. The molecule has 2 atom stereocenters. The van der Waals surface area contributed by atoms with Crippen molar-refractivity contribution in [2.75, 3.05) is 6.54 Å². The van der Waals surface area contributed by atoms with Crippen LogP contribution < -0.4 is 5.32 Å². The molecule has 1 rings (SSSR count). The van der Waals surface area contributed by atoms with E-state index in [4.69, 9.17) is 0 Å². The van der Waals surface area contributed by atoms with Gasteiger partial charge in [0, 0.05) is 12.6 Å². The minimum atomic E-state index is -0.894. The topological polar surface area (TPSA) is 69.6 Å². The molecule has 2 amide bonds. The predicted octanol–water partition coefficient (Wildman–Crippen LogP) is 2.46. The number of carbonyl (C=O) groups is 2. The Morgan fingerprint density at radius 3 is 2.53 bits per heavy atom. The van der Waals surface area contributed by atoms with Crippen molar-refractivity contribution in [3.05, 3.63) is 0 Å². The Hall–Kier alpha value is -1.26. The Balaban J connectivity index is 2.72. The number of carbonyl (C=O) groups excluding carboxylic acids is 1. The van der Waals surface area contributed by atoms with E-state index in [0.29, 0.717) is 18.9 Å². The van der Waals surface area contributed by atoms with Crippen molar-refractivity contribution in [3.63, 3.8) is 0 Å². The van der Waals surface area contributed by atoms with E-state index in [2.05, 4.69) is 19.2 Å². The standard InChI is InChI=1S/C14H26N2O3/c1-4-11(10(2)3)15-14(19)16-9-7-5-6-8-12(16)13(17)18/h10-12H,4-9H2,1-3H3,(H,15,19)(H,17,18). The highest BCUT2D eigenvalue weighted by atomic mass is 16.4. The number of nitrogens with one attached hydrogen (secondary N) is 1. The van der Waals surface area contributed by atoms with E-state index < -0.39 is 12.0 Å². The highest BCUT2D eigenvalue weighted by Crippen LogP contribution is 2.18. The largest absolute Gasteiger partial charge is 0.480 e. The first-order valence-corrected chi connectivity index (χ1v) is 7.27. The second kappa shape index (κ2) is 7.36. The quantitative estimate of drug-likeness (QED) is 0.824. The number of hydrogen-bond donors (Lipinski definition) is 2. The number of likely N-dealkylation sites (tertiary alicyclic amines) is 1. The van der Waals surface area contributed by atoms with Gasteiger partial charge in [-0.2, -0.15) is 0 Å². The number of carboxylic acids is 1. The Labute approximate surface area is 115 Å². The zero-order valence-electron chi connectivity index (χ0n) is 12.2. The first kappa shape index (κ1) is 15.8. The van der Waals surface area contributed by atoms with Crippen LogP contribution in [0.4, 0.5) is 4.79 Å². The summed E-state index contributed by atoms with van der Waals surface area (Å²) in [5.74, 6) is -0.543. The maximum absolute atomic E-state index is 12.3. The molecule has 0 aliphatic carbocycles. The number of aliphatic carboxylic acids is 1. The maximum atomic E-state index is 12.3. The Morgan fingerprint density at radius 2 is 2.00 bits per heavy atom.